The van der Waals surface area contributed by atoms with Gasteiger partial charge in [0.05, 0.1) is 20.3 Å². The van der Waals surface area contributed by atoms with Crippen molar-refractivity contribution < 1.29 is 14.2 Å². The quantitative estimate of drug-likeness (QED) is 0.228. The van der Waals surface area contributed by atoms with E-state index in [4.69, 9.17) is 14.2 Å². The molecule has 7 heteroatoms. The van der Waals surface area contributed by atoms with Crippen LogP contribution >= 0.6 is 24.0 Å². The smallest absolute Gasteiger partial charge is 0.191 e. The number of benzene rings is 1. The summed E-state index contributed by atoms with van der Waals surface area (Å²) < 4.78 is 16.6. The summed E-state index contributed by atoms with van der Waals surface area (Å²) in [6.45, 7) is 7.03. The van der Waals surface area contributed by atoms with Crippen molar-refractivity contribution in [3.8, 4) is 11.5 Å². The van der Waals surface area contributed by atoms with Crippen molar-refractivity contribution >= 4 is 29.9 Å². The lowest BCUT2D eigenvalue weighted by atomic mass is 10.3. The van der Waals surface area contributed by atoms with Gasteiger partial charge in [0.25, 0.3) is 0 Å². The normalized spacial score (nSPS) is 12.1. The molecular weight excluding hydrogens is 433 g/mol. The summed E-state index contributed by atoms with van der Waals surface area (Å²) in [5.74, 6) is 2.32. The third kappa shape index (κ3) is 11.1. The molecule has 144 valence electrons. The largest absolute Gasteiger partial charge is 0.497 e. The molecule has 0 heterocycles. The van der Waals surface area contributed by atoms with Gasteiger partial charge < -0.3 is 24.8 Å². The molecular formula is C18H32IN3O3. The van der Waals surface area contributed by atoms with E-state index < -0.39 is 0 Å². The Hall–Kier alpha value is -1.22. The first-order chi connectivity index (χ1) is 11.7. The number of rotatable bonds is 11. The molecule has 1 aromatic carbocycles. The highest BCUT2D eigenvalue weighted by atomic mass is 127. The van der Waals surface area contributed by atoms with Crippen LogP contribution in [-0.4, -0.2) is 52.5 Å². The van der Waals surface area contributed by atoms with Crippen LogP contribution in [0.3, 0.4) is 0 Å². The van der Waals surface area contributed by atoms with Crippen molar-refractivity contribution in [1.29, 1.82) is 0 Å². The van der Waals surface area contributed by atoms with Crippen molar-refractivity contribution in [2.75, 3.05) is 40.5 Å². The Morgan fingerprint density at radius 1 is 1.20 bits per heavy atom. The minimum absolute atomic E-state index is 0. The summed E-state index contributed by atoms with van der Waals surface area (Å²) in [4.78, 5) is 4.19. The van der Waals surface area contributed by atoms with Crippen molar-refractivity contribution in [2.45, 2.75) is 32.8 Å². The van der Waals surface area contributed by atoms with Gasteiger partial charge >= 0.3 is 0 Å². The van der Waals surface area contributed by atoms with Crippen molar-refractivity contribution in [2.24, 2.45) is 4.99 Å². The van der Waals surface area contributed by atoms with E-state index in [1.54, 1.807) is 14.2 Å². The summed E-state index contributed by atoms with van der Waals surface area (Å²) >= 11 is 0. The number of aliphatic imine (C=N–C) groups is 1. The molecule has 0 aliphatic heterocycles. The topological polar surface area (TPSA) is 64.1 Å². The second kappa shape index (κ2) is 15.1. The van der Waals surface area contributed by atoms with Crippen LogP contribution in [-0.2, 0) is 4.74 Å². The van der Waals surface area contributed by atoms with Gasteiger partial charge in [-0.25, -0.2) is 0 Å². The van der Waals surface area contributed by atoms with Gasteiger partial charge in [-0.3, -0.25) is 4.99 Å². The predicted octanol–water partition coefficient (Wildman–Crippen LogP) is 3.06. The van der Waals surface area contributed by atoms with Gasteiger partial charge in [0.2, 0.25) is 0 Å². The van der Waals surface area contributed by atoms with Crippen LogP contribution in [0.5, 0.6) is 11.5 Å². The molecule has 25 heavy (non-hydrogen) atoms. The number of methoxy groups -OCH3 is 1. The molecule has 0 saturated carbocycles. The maximum absolute atomic E-state index is 5.87. The summed E-state index contributed by atoms with van der Waals surface area (Å²) in [5.41, 5.74) is 0. The van der Waals surface area contributed by atoms with Gasteiger partial charge in [0.15, 0.2) is 5.96 Å². The number of nitrogens with one attached hydrogen (secondary N) is 2. The zero-order valence-electron chi connectivity index (χ0n) is 15.7. The molecule has 0 radical (unpaired) electrons. The van der Waals surface area contributed by atoms with E-state index >= 15 is 0 Å². The van der Waals surface area contributed by atoms with E-state index in [1.165, 1.54) is 0 Å². The first-order valence-corrected chi connectivity index (χ1v) is 8.52. The Balaban J connectivity index is 0.00000576. The molecule has 1 atom stereocenters. The van der Waals surface area contributed by atoms with E-state index in [0.717, 1.165) is 43.5 Å². The number of guanidine groups is 1. The van der Waals surface area contributed by atoms with Crippen LogP contribution in [0.4, 0.5) is 0 Å². The van der Waals surface area contributed by atoms with E-state index in [9.17, 15) is 0 Å². The van der Waals surface area contributed by atoms with Crippen LogP contribution in [0, 0.1) is 0 Å². The summed E-state index contributed by atoms with van der Waals surface area (Å²) in [5, 5.41) is 6.47. The van der Waals surface area contributed by atoms with Crippen LogP contribution in [0.25, 0.3) is 0 Å². The average Bonchev–Trinajstić information content (AvgIpc) is 2.60. The first-order valence-electron chi connectivity index (χ1n) is 8.52. The Bertz CT molecular complexity index is 486. The summed E-state index contributed by atoms with van der Waals surface area (Å²) in [6.07, 6.45) is 2.25. The van der Waals surface area contributed by atoms with Gasteiger partial charge in [0, 0.05) is 26.3 Å². The zero-order valence-corrected chi connectivity index (χ0v) is 18.0. The molecule has 0 amide bonds. The van der Waals surface area contributed by atoms with Crippen LogP contribution in [0.2, 0.25) is 0 Å². The number of nitrogens with zero attached hydrogens (tertiary/aromatic N) is 1. The molecule has 6 nitrogen and oxygen atoms in total. The van der Waals surface area contributed by atoms with Crippen LogP contribution < -0.4 is 20.1 Å². The summed E-state index contributed by atoms with van der Waals surface area (Å²) in [7, 11) is 3.40. The number of hydrogen-bond donors (Lipinski definition) is 2. The molecule has 0 aliphatic rings. The first kappa shape index (κ1) is 23.8. The van der Waals surface area contributed by atoms with Crippen molar-refractivity contribution in [1.82, 2.24) is 10.6 Å². The fourth-order valence-corrected chi connectivity index (χ4v) is 2.00. The van der Waals surface area contributed by atoms with E-state index in [-0.39, 0.29) is 30.1 Å². The molecule has 0 fully saturated rings. The minimum atomic E-state index is -0.00328. The molecule has 1 aromatic rings. The highest BCUT2D eigenvalue weighted by Gasteiger charge is 2.06. The summed E-state index contributed by atoms with van der Waals surface area (Å²) in [6, 6.07) is 7.59. The highest BCUT2D eigenvalue weighted by molar-refractivity contribution is 14.0. The van der Waals surface area contributed by atoms with Gasteiger partial charge in [0.1, 0.15) is 17.6 Å². The maximum Gasteiger partial charge on any atom is 0.191 e. The fraction of sp³-hybridized carbons (Fsp3) is 0.611. The minimum Gasteiger partial charge on any atom is -0.497 e. The van der Waals surface area contributed by atoms with Gasteiger partial charge in [-0.15, -0.1) is 24.0 Å². The molecule has 1 rings (SSSR count). The molecule has 1 unspecified atom stereocenters. The average molecular weight is 465 g/mol. The number of unbranched alkanes of at least 4 members (excludes halogenated alkanes) is 1. The lowest BCUT2D eigenvalue weighted by Gasteiger charge is -2.18. The van der Waals surface area contributed by atoms with Crippen LogP contribution in [0.15, 0.2) is 29.3 Å². The molecule has 0 aromatic heterocycles. The SMILES string of the molecule is CCCCOCCNC(=NC)NCC(C)Oc1cccc(OC)c1.I. The third-order valence-corrected chi connectivity index (χ3v) is 3.34. The Morgan fingerprint density at radius 3 is 2.64 bits per heavy atom. The number of halogens is 1. The monoisotopic (exact) mass is 465 g/mol. The Labute approximate surface area is 168 Å². The second-order valence-electron chi connectivity index (χ2n) is 5.45. The van der Waals surface area contributed by atoms with E-state index in [1.807, 2.05) is 31.2 Å². The molecule has 2 N–H and O–H groups in total. The molecule has 0 saturated heterocycles. The molecule has 0 spiro atoms. The van der Waals surface area contributed by atoms with Crippen molar-refractivity contribution in [3.63, 3.8) is 0 Å². The van der Waals surface area contributed by atoms with E-state index in [2.05, 4.69) is 22.5 Å². The second-order valence-corrected chi connectivity index (χ2v) is 5.45. The van der Waals surface area contributed by atoms with Gasteiger partial charge in [-0.05, 0) is 25.5 Å². The number of ether oxygens (including phenoxy) is 3. The lowest BCUT2D eigenvalue weighted by molar-refractivity contribution is 0.136. The maximum atomic E-state index is 5.87. The molecule has 0 aliphatic carbocycles. The van der Waals surface area contributed by atoms with Crippen molar-refractivity contribution in [3.05, 3.63) is 24.3 Å². The highest BCUT2D eigenvalue weighted by Crippen LogP contribution is 2.19. The lowest BCUT2D eigenvalue weighted by Crippen LogP contribution is -2.42. The van der Waals surface area contributed by atoms with E-state index in [0.29, 0.717) is 13.2 Å². The Morgan fingerprint density at radius 2 is 1.96 bits per heavy atom. The standard InChI is InChI=1S/C18H31N3O3.HI/c1-5-6-11-23-12-10-20-18(19-3)21-14-15(2)24-17-9-7-8-16(13-17)22-4;/h7-9,13,15H,5-6,10-12,14H2,1-4H3,(H2,19,20,21);1H. The van der Waals surface area contributed by atoms with Gasteiger partial charge in [-0.2, -0.15) is 0 Å². The molecule has 0 bridgehead atoms. The van der Waals surface area contributed by atoms with Crippen LogP contribution in [0.1, 0.15) is 26.7 Å². The zero-order chi connectivity index (χ0) is 17.6. The third-order valence-electron chi connectivity index (χ3n) is 3.34. The fourth-order valence-electron chi connectivity index (χ4n) is 2.00. The van der Waals surface area contributed by atoms with Gasteiger partial charge in [-0.1, -0.05) is 19.4 Å². The number of hydrogen-bond acceptors (Lipinski definition) is 4. The predicted molar refractivity (Wildman–Crippen MR) is 114 cm³/mol. The Kier molecular flexibility index (Phi) is 14.3.